The molecule has 0 unspecified atom stereocenters. The minimum Gasteiger partial charge on any atom is -0.349 e. The predicted molar refractivity (Wildman–Crippen MR) is 64.6 cm³/mol. The van der Waals surface area contributed by atoms with Crippen LogP contribution in [0.15, 0.2) is 24.3 Å². The molecule has 5 heteroatoms. The van der Waals surface area contributed by atoms with Gasteiger partial charge < -0.3 is 5.32 Å². The maximum Gasteiger partial charge on any atom is 0.269 e. The highest BCUT2D eigenvalue weighted by Gasteiger charge is 2.14. The molecule has 0 aliphatic rings. The number of non-ortho nitro benzene ring substituents is 1. The first-order valence-corrected chi connectivity index (χ1v) is 5.62. The molecule has 0 radical (unpaired) electrons. The van der Waals surface area contributed by atoms with Crippen molar-refractivity contribution in [2.24, 2.45) is 0 Å². The Morgan fingerprint density at radius 3 is 2.71 bits per heavy atom. The van der Waals surface area contributed by atoms with Gasteiger partial charge >= 0.3 is 0 Å². The number of nitrogens with zero attached hydrogens (tertiary/aromatic N) is 1. The molecule has 17 heavy (non-hydrogen) atoms. The number of rotatable bonds is 5. The van der Waals surface area contributed by atoms with Crippen LogP contribution in [0, 0.1) is 10.1 Å². The van der Waals surface area contributed by atoms with E-state index in [0.717, 1.165) is 5.56 Å². The summed E-state index contributed by atoms with van der Waals surface area (Å²) in [5.41, 5.74) is 0.815. The fourth-order valence-electron chi connectivity index (χ4n) is 1.57. The number of hydrogen-bond acceptors (Lipinski definition) is 3. The minimum absolute atomic E-state index is 0.0479. The molecule has 0 fully saturated rings. The average Bonchev–Trinajstić information content (AvgIpc) is 2.35. The molecule has 1 N–H and O–H groups in total. The highest BCUT2D eigenvalue weighted by atomic mass is 16.6. The van der Waals surface area contributed by atoms with Crippen LogP contribution in [0.4, 0.5) is 5.69 Å². The van der Waals surface area contributed by atoms with Gasteiger partial charge in [0.15, 0.2) is 0 Å². The van der Waals surface area contributed by atoms with Gasteiger partial charge in [-0.15, -0.1) is 0 Å². The van der Waals surface area contributed by atoms with Crippen LogP contribution in [0.2, 0.25) is 0 Å². The molecule has 0 saturated heterocycles. The average molecular weight is 236 g/mol. The lowest BCUT2D eigenvalue weighted by atomic mass is 10.0. The Kier molecular flexibility index (Phi) is 4.63. The first kappa shape index (κ1) is 13.2. The van der Waals surface area contributed by atoms with Crippen molar-refractivity contribution in [3.8, 4) is 0 Å². The lowest BCUT2D eigenvalue weighted by molar-refractivity contribution is -0.384. The molecule has 1 amide bonds. The van der Waals surface area contributed by atoms with Gasteiger partial charge in [0.2, 0.25) is 5.91 Å². The summed E-state index contributed by atoms with van der Waals surface area (Å²) in [6.07, 6.45) is 1.11. The highest BCUT2D eigenvalue weighted by molar-refractivity contribution is 5.76. The summed E-state index contributed by atoms with van der Waals surface area (Å²) in [7, 11) is 0. The van der Waals surface area contributed by atoms with Crippen molar-refractivity contribution >= 4 is 11.6 Å². The predicted octanol–water partition coefficient (Wildman–Crippen LogP) is 2.57. The largest absolute Gasteiger partial charge is 0.349 e. The summed E-state index contributed by atoms with van der Waals surface area (Å²) < 4.78 is 0. The van der Waals surface area contributed by atoms with Crippen LogP contribution in [-0.4, -0.2) is 10.8 Å². The van der Waals surface area contributed by atoms with Gasteiger partial charge in [-0.1, -0.05) is 26.0 Å². The number of carbonyl (C=O) groups is 1. The quantitative estimate of drug-likeness (QED) is 0.630. The summed E-state index contributed by atoms with van der Waals surface area (Å²) in [5, 5.41) is 13.5. The normalized spacial score (nSPS) is 11.9. The van der Waals surface area contributed by atoms with E-state index in [1.807, 2.05) is 6.92 Å². The van der Waals surface area contributed by atoms with Crippen LogP contribution >= 0.6 is 0 Å². The van der Waals surface area contributed by atoms with Gasteiger partial charge in [0.1, 0.15) is 0 Å². The van der Waals surface area contributed by atoms with Crippen molar-refractivity contribution in [2.75, 3.05) is 0 Å². The van der Waals surface area contributed by atoms with Crippen LogP contribution in [0.5, 0.6) is 0 Å². The number of amides is 1. The fourth-order valence-corrected chi connectivity index (χ4v) is 1.57. The molecule has 0 aromatic heterocycles. The summed E-state index contributed by atoms with van der Waals surface area (Å²) in [5.74, 6) is -0.0524. The smallest absolute Gasteiger partial charge is 0.269 e. The van der Waals surface area contributed by atoms with E-state index in [0.29, 0.717) is 12.8 Å². The lowest BCUT2D eigenvalue weighted by Gasteiger charge is -2.16. The van der Waals surface area contributed by atoms with Crippen molar-refractivity contribution < 1.29 is 9.72 Å². The summed E-state index contributed by atoms with van der Waals surface area (Å²) in [6.45, 7) is 3.70. The molecule has 1 aromatic rings. The van der Waals surface area contributed by atoms with E-state index in [1.165, 1.54) is 12.1 Å². The van der Waals surface area contributed by atoms with Crippen molar-refractivity contribution in [1.29, 1.82) is 0 Å². The van der Waals surface area contributed by atoms with E-state index < -0.39 is 4.92 Å². The van der Waals surface area contributed by atoms with E-state index in [-0.39, 0.29) is 17.6 Å². The highest BCUT2D eigenvalue weighted by Crippen LogP contribution is 2.21. The molecule has 0 aliphatic carbocycles. The van der Waals surface area contributed by atoms with E-state index in [9.17, 15) is 14.9 Å². The van der Waals surface area contributed by atoms with E-state index >= 15 is 0 Å². The molecule has 0 saturated carbocycles. The molecular weight excluding hydrogens is 220 g/mol. The Balaban J connectivity index is 2.91. The molecule has 1 rings (SSSR count). The standard InChI is InChI=1S/C12H16N2O3/c1-3-11(13-12(15)4-2)9-6-5-7-10(8-9)14(16)17/h5-8,11H,3-4H2,1-2H3,(H,13,15)/t11-/m1/s1. The summed E-state index contributed by atoms with van der Waals surface area (Å²) in [6, 6.07) is 6.20. The third kappa shape index (κ3) is 3.55. The Morgan fingerprint density at radius 1 is 1.47 bits per heavy atom. The van der Waals surface area contributed by atoms with Crippen LogP contribution in [0.3, 0.4) is 0 Å². The van der Waals surface area contributed by atoms with Crippen molar-refractivity contribution in [3.63, 3.8) is 0 Å². The molecule has 0 bridgehead atoms. The summed E-state index contributed by atoms with van der Waals surface area (Å²) >= 11 is 0. The minimum atomic E-state index is -0.433. The Bertz CT molecular complexity index is 418. The zero-order valence-electron chi connectivity index (χ0n) is 9.97. The molecule has 0 spiro atoms. The molecule has 1 aromatic carbocycles. The third-order valence-electron chi connectivity index (χ3n) is 2.55. The number of hydrogen-bond donors (Lipinski definition) is 1. The maximum absolute atomic E-state index is 11.3. The SMILES string of the molecule is CCC(=O)N[C@H](CC)c1cccc([N+](=O)[O-])c1. The van der Waals surface area contributed by atoms with Gasteiger partial charge in [0.25, 0.3) is 5.69 Å². The first-order valence-electron chi connectivity index (χ1n) is 5.62. The fraction of sp³-hybridized carbons (Fsp3) is 0.417. The number of nitro benzene ring substituents is 1. The van der Waals surface area contributed by atoms with Crippen LogP contribution in [0.1, 0.15) is 38.3 Å². The Hall–Kier alpha value is -1.91. The number of benzene rings is 1. The van der Waals surface area contributed by atoms with Gasteiger partial charge in [-0.3, -0.25) is 14.9 Å². The van der Waals surface area contributed by atoms with Gasteiger partial charge in [-0.2, -0.15) is 0 Å². The van der Waals surface area contributed by atoms with Crippen LogP contribution in [-0.2, 0) is 4.79 Å². The monoisotopic (exact) mass is 236 g/mol. The Morgan fingerprint density at radius 2 is 2.18 bits per heavy atom. The van der Waals surface area contributed by atoms with Crippen molar-refractivity contribution in [2.45, 2.75) is 32.7 Å². The molecule has 92 valence electrons. The van der Waals surface area contributed by atoms with E-state index in [1.54, 1.807) is 19.1 Å². The number of nitrogens with one attached hydrogen (secondary N) is 1. The van der Waals surface area contributed by atoms with Gasteiger partial charge in [-0.05, 0) is 12.0 Å². The van der Waals surface area contributed by atoms with Crippen molar-refractivity contribution in [3.05, 3.63) is 39.9 Å². The van der Waals surface area contributed by atoms with Gasteiger partial charge in [0, 0.05) is 18.6 Å². The van der Waals surface area contributed by atoms with E-state index in [4.69, 9.17) is 0 Å². The molecule has 0 aliphatic heterocycles. The molecule has 0 heterocycles. The second kappa shape index (κ2) is 5.98. The molecular formula is C12H16N2O3. The van der Waals surface area contributed by atoms with E-state index in [2.05, 4.69) is 5.32 Å². The second-order valence-corrected chi connectivity index (χ2v) is 3.73. The Labute approximate surface area is 100.0 Å². The zero-order valence-corrected chi connectivity index (χ0v) is 9.97. The zero-order chi connectivity index (χ0) is 12.8. The summed E-state index contributed by atoms with van der Waals surface area (Å²) in [4.78, 5) is 21.6. The molecule has 1 atom stereocenters. The maximum atomic E-state index is 11.3. The third-order valence-corrected chi connectivity index (χ3v) is 2.55. The van der Waals surface area contributed by atoms with Crippen LogP contribution in [0.25, 0.3) is 0 Å². The number of carbonyl (C=O) groups excluding carboxylic acids is 1. The van der Waals surface area contributed by atoms with Gasteiger partial charge in [-0.25, -0.2) is 0 Å². The van der Waals surface area contributed by atoms with Crippen molar-refractivity contribution in [1.82, 2.24) is 5.32 Å². The topological polar surface area (TPSA) is 72.2 Å². The molecule has 5 nitrogen and oxygen atoms in total. The van der Waals surface area contributed by atoms with Gasteiger partial charge in [0.05, 0.1) is 11.0 Å². The lowest BCUT2D eigenvalue weighted by Crippen LogP contribution is -2.27. The number of nitro groups is 1. The van der Waals surface area contributed by atoms with Crippen LogP contribution < -0.4 is 5.32 Å². The second-order valence-electron chi connectivity index (χ2n) is 3.73. The first-order chi connectivity index (χ1) is 8.08.